The van der Waals surface area contributed by atoms with Crippen molar-refractivity contribution in [2.24, 2.45) is 23.2 Å². The molecule has 0 atom stereocenters. The molecule has 1 N–H and O–H groups in total. The Morgan fingerprint density at radius 3 is 2.22 bits per heavy atom. The fourth-order valence-electron chi connectivity index (χ4n) is 5.12. The van der Waals surface area contributed by atoms with Crippen molar-refractivity contribution in [1.29, 1.82) is 0 Å². The van der Waals surface area contributed by atoms with Gasteiger partial charge in [0.1, 0.15) is 0 Å². The second kappa shape index (κ2) is 5.07. The highest BCUT2D eigenvalue weighted by atomic mass is 32.2. The molecule has 0 heterocycles. The van der Waals surface area contributed by atoms with Crippen LogP contribution in [0.15, 0.2) is 0 Å². The standard InChI is InChI=1S/C15H25NOS/c1-16-14(17)10-18-3-2-15-7-11-4-12(8-15)6-13(5-11)9-15/h11-13H,2-10H2,1H3,(H,16,17). The van der Waals surface area contributed by atoms with E-state index >= 15 is 0 Å². The van der Waals surface area contributed by atoms with Crippen LogP contribution in [-0.4, -0.2) is 24.5 Å². The molecule has 4 rings (SSSR count). The van der Waals surface area contributed by atoms with Crippen LogP contribution in [0.3, 0.4) is 0 Å². The second-order valence-corrected chi connectivity index (χ2v) is 8.00. The summed E-state index contributed by atoms with van der Waals surface area (Å²) in [4.78, 5) is 11.2. The van der Waals surface area contributed by atoms with Crippen LogP contribution in [0.2, 0.25) is 0 Å². The molecule has 18 heavy (non-hydrogen) atoms. The minimum atomic E-state index is 0.172. The molecule has 1 amide bonds. The number of hydrogen-bond donors (Lipinski definition) is 1. The van der Waals surface area contributed by atoms with Crippen LogP contribution in [0, 0.1) is 23.2 Å². The van der Waals surface area contributed by atoms with Gasteiger partial charge in [0.2, 0.25) is 5.91 Å². The van der Waals surface area contributed by atoms with Gasteiger partial charge in [0.15, 0.2) is 0 Å². The molecule has 4 saturated carbocycles. The van der Waals surface area contributed by atoms with Crippen molar-refractivity contribution in [3.8, 4) is 0 Å². The quantitative estimate of drug-likeness (QED) is 0.776. The van der Waals surface area contributed by atoms with Crippen molar-refractivity contribution in [3.05, 3.63) is 0 Å². The minimum absolute atomic E-state index is 0.172. The van der Waals surface area contributed by atoms with Crippen molar-refractivity contribution in [2.45, 2.75) is 44.9 Å². The van der Waals surface area contributed by atoms with Gasteiger partial charge in [-0.3, -0.25) is 4.79 Å². The van der Waals surface area contributed by atoms with Crippen LogP contribution in [0.5, 0.6) is 0 Å². The topological polar surface area (TPSA) is 29.1 Å². The molecule has 4 fully saturated rings. The number of carbonyl (C=O) groups excluding carboxylic acids is 1. The molecule has 0 spiro atoms. The van der Waals surface area contributed by atoms with Gasteiger partial charge in [0.05, 0.1) is 5.75 Å². The van der Waals surface area contributed by atoms with Gasteiger partial charge in [-0.25, -0.2) is 0 Å². The Labute approximate surface area is 115 Å². The lowest BCUT2D eigenvalue weighted by Gasteiger charge is -2.57. The first-order valence-corrected chi connectivity index (χ1v) is 8.63. The van der Waals surface area contributed by atoms with Crippen molar-refractivity contribution in [1.82, 2.24) is 5.32 Å². The van der Waals surface area contributed by atoms with Crippen LogP contribution >= 0.6 is 11.8 Å². The summed E-state index contributed by atoms with van der Waals surface area (Å²) in [6, 6.07) is 0. The van der Waals surface area contributed by atoms with E-state index in [1.807, 2.05) is 11.8 Å². The smallest absolute Gasteiger partial charge is 0.229 e. The normalized spacial score (nSPS) is 41.1. The number of amides is 1. The summed E-state index contributed by atoms with van der Waals surface area (Å²) >= 11 is 1.82. The number of thioether (sulfide) groups is 1. The fourth-order valence-corrected chi connectivity index (χ4v) is 6.17. The monoisotopic (exact) mass is 267 g/mol. The van der Waals surface area contributed by atoms with E-state index in [1.54, 1.807) is 7.05 Å². The number of nitrogens with one attached hydrogen (secondary N) is 1. The Morgan fingerprint density at radius 1 is 1.17 bits per heavy atom. The van der Waals surface area contributed by atoms with Crippen LogP contribution in [0.4, 0.5) is 0 Å². The largest absolute Gasteiger partial charge is 0.358 e. The first kappa shape index (κ1) is 12.8. The van der Waals surface area contributed by atoms with Gasteiger partial charge in [-0.2, -0.15) is 11.8 Å². The summed E-state index contributed by atoms with van der Waals surface area (Å²) in [5, 5.41) is 2.70. The molecule has 0 radical (unpaired) electrons. The molecule has 0 saturated heterocycles. The van der Waals surface area contributed by atoms with Crippen molar-refractivity contribution in [3.63, 3.8) is 0 Å². The Morgan fingerprint density at radius 2 is 1.72 bits per heavy atom. The van der Waals surface area contributed by atoms with Crippen LogP contribution in [0.25, 0.3) is 0 Å². The van der Waals surface area contributed by atoms with Crippen molar-refractivity contribution in [2.75, 3.05) is 18.6 Å². The third-order valence-corrected chi connectivity index (χ3v) is 6.41. The van der Waals surface area contributed by atoms with E-state index < -0.39 is 0 Å². The maximum Gasteiger partial charge on any atom is 0.229 e. The SMILES string of the molecule is CNC(=O)CSCCC12CC3CC(CC(C3)C1)C2. The predicted molar refractivity (Wildman–Crippen MR) is 76.6 cm³/mol. The van der Waals surface area contributed by atoms with Crippen LogP contribution in [0.1, 0.15) is 44.9 Å². The third kappa shape index (κ3) is 2.56. The number of carbonyl (C=O) groups is 1. The van der Waals surface area contributed by atoms with Gasteiger partial charge in [-0.05, 0) is 73.9 Å². The van der Waals surface area contributed by atoms with Gasteiger partial charge < -0.3 is 5.32 Å². The van der Waals surface area contributed by atoms with Gasteiger partial charge in [-0.15, -0.1) is 0 Å². The maximum absolute atomic E-state index is 11.2. The van der Waals surface area contributed by atoms with Gasteiger partial charge >= 0.3 is 0 Å². The van der Waals surface area contributed by atoms with Crippen molar-refractivity contribution >= 4 is 17.7 Å². The highest BCUT2D eigenvalue weighted by molar-refractivity contribution is 7.99. The lowest BCUT2D eigenvalue weighted by molar-refractivity contribution is -0.118. The van der Waals surface area contributed by atoms with Crippen molar-refractivity contribution < 1.29 is 4.79 Å². The average molecular weight is 267 g/mol. The second-order valence-electron chi connectivity index (χ2n) is 6.89. The van der Waals surface area contributed by atoms with Crippen LogP contribution in [-0.2, 0) is 4.79 Å². The lowest BCUT2D eigenvalue weighted by atomic mass is 9.49. The molecular weight excluding hydrogens is 242 g/mol. The number of hydrogen-bond acceptors (Lipinski definition) is 2. The summed E-state index contributed by atoms with van der Waals surface area (Å²) in [7, 11) is 1.72. The third-order valence-electron chi connectivity index (χ3n) is 5.45. The minimum Gasteiger partial charge on any atom is -0.358 e. The first-order valence-electron chi connectivity index (χ1n) is 7.47. The van der Waals surface area contributed by atoms with E-state index in [-0.39, 0.29) is 5.91 Å². The Hall–Kier alpha value is -0.180. The molecule has 3 heteroatoms. The fraction of sp³-hybridized carbons (Fsp3) is 0.933. The van der Waals surface area contributed by atoms with Crippen LogP contribution < -0.4 is 5.32 Å². The highest BCUT2D eigenvalue weighted by Gasteiger charge is 2.50. The first-order chi connectivity index (χ1) is 8.69. The molecule has 0 aromatic heterocycles. The average Bonchev–Trinajstić information content (AvgIpc) is 2.32. The molecule has 0 unspecified atom stereocenters. The molecule has 4 aliphatic carbocycles. The Kier molecular flexibility index (Phi) is 3.61. The van der Waals surface area contributed by atoms with Gasteiger partial charge in [0, 0.05) is 7.05 Å². The molecule has 0 aromatic carbocycles. The molecule has 0 aliphatic heterocycles. The van der Waals surface area contributed by atoms with E-state index in [4.69, 9.17) is 0 Å². The maximum atomic E-state index is 11.2. The lowest BCUT2D eigenvalue weighted by Crippen LogP contribution is -2.46. The summed E-state index contributed by atoms with van der Waals surface area (Å²) in [5.74, 6) is 5.16. The van der Waals surface area contributed by atoms with E-state index in [9.17, 15) is 4.79 Å². The molecule has 102 valence electrons. The molecule has 0 aromatic rings. The molecule has 2 nitrogen and oxygen atoms in total. The van der Waals surface area contributed by atoms with E-state index in [0.717, 1.165) is 17.8 Å². The summed E-state index contributed by atoms with van der Waals surface area (Å²) in [6.07, 6.45) is 10.5. The van der Waals surface area contributed by atoms with E-state index in [2.05, 4.69) is 5.32 Å². The predicted octanol–water partition coefficient (Wildman–Crippen LogP) is 3.07. The van der Waals surface area contributed by atoms with Gasteiger partial charge in [0.25, 0.3) is 0 Å². The summed E-state index contributed by atoms with van der Waals surface area (Å²) in [6.45, 7) is 0. The Balaban J connectivity index is 1.49. The zero-order valence-electron chi connectivity index (χ0n) is 11.4. The highest BCUT2D eigenvalue weighted by Crippen LogP contribution is 2.61. The molecule has 4 bridgehead atoms. The summed E-state index contributed by atoms with van der Waals surface area (Å²) < 4.78 is 0. The molecular formula is C15H25NOS. The number of rotatable bonds is 5. The van der Waals surface area contributed by atoms with E-state index in [1.165, 1.54) is 50.7 Å². The zero-order chi connectivity index (χ0) is 12.6. The molecule has 4 aliphatic rings. The summed E-state index contributed by atoms with van der Waals surface area (Å²) in [5.41, 5.74) is 0.685. The van der Waals surface area contributed by atoms with E-state index in [0.29, 0.717) is 11.2 Å². The Bertz CT molecular complexity index is 293. The zero-order valence-corrected chi connectivity index (χ0v) is 12.2. The van der Waals surface area contributed by atoms with Gasteiger partial charge in [-0.1, -0.05) is 0 Å².